The van der Waals surface area contributed by atoms with Crippen molar-refractivity contribution in [2.75, 3.05) is 0 Å². The van der Waals surface area contributed by atoms with Gasteiger partial charge in [-0.2, -0.15) is 13.2 Å². The Morgan fingerprint density at radius 1 is 0.300 bits per heavy atom. The third-order valence-electron chi connectivity index (χ3n) is 20.1. The Hall–Kier alpha value is -12.3. The van der Waals surface area contributed by atoms with Gasteiger partial charge < -0.3 is 4.74 Å². The summed E-state index contributed by atoms with van der Waals surface area (Å²) in [6, 6.07) is 156. The molecule has 0 aliphatic heterocycles. The zero-order chi connectivity index (χ0) is 84.8. The van der Waals surface area contributed by atoms with Gasteiger partial charge in [-0.05, 0) is 186 Å². The van der Waals surface area contributed by atoms with E-state index in [2.05, 4.69) is 206 Å². The highest BCUT2D eigenvalue weighted by Gasteiger charge is 2.53. The normalized spacial score (nSPS) is 13.9. The predicted molar refractivity (Wildman–Crippen MR) is 502 cm³/mol. The second-order valence-corrected chi connectivity index (χ2v) is 31.2. The average Bonchev–Trinajstić information content (AvgIpc) is 1.02. The maximum absolute atomic E-state index is 13.5. The summed E-state index contributed by atoms with van der Waals surface area (Å²) in [6.07, 6.45) is 6.23. The highest BCUT2D eigenvalue weighted by molar-refractivity contribution is 7.99. The molecule has 3 saturated carbocycles. The van der Waals surface area contributed by atoms with E-state index in [1.165, 1.54) is 97.7 Å². The molecule has 0 spiro atoms. The Morgan fingerprint density at radius 2 is 0.533 bits per heavy atom. The van der Waals surface area contributed by atoms with E-state index in [1.54, 1.807) is 147 Å². The second kappa shape index (κ2) is 53.9. The Bertz CT molecular complexity index is 4730. The molecule has 0 aromatic heterocycles. The van der Waals surface area contributed by atoms with Crippen LogP contribution in [0.25, 0.3) is 21.9 Å². The average molecular weight is 1630 g/mol. The first-order chi connectivity index (χ1) is 58.9. The van der Waals surface area contributed by atoms with Crippen LogP contribution in [0.4, 0.5) is 13.2 Å². The molecule has 4 atom stereocenters. The smallest absolute Gasteiger partial charge is 0.402 e. The van der Waals surface area contributed by atoms with E-state index in [-0.39, 0.29) is 11.1 Å². The van der Waals surface area contributed by atoms with Crippen LogP contribution in [-0.2, 0) is 21.7 Å². The van der Waals surface area contributed by atoms with E-state index in [0.29, 0.717) is 9.79 Å². The molecule has 2 bridgehead atoms. The van der Waals surface area contributed by atoms with Crippen molar-refractivity contribution in [2.24, 2.45) is 23.7 Å². The highest BCUT2D eigenvalue weighted by atomic mass is 32.2. The number of hydrogen-bond donors (Lipinski definition) is 0. The molecule has 8 heteroatoms. The Labute approximate surface area is 718 Å². The molecule has 0 amide bonds. The summed E-state index contributed by atoms with van der Waals surface area (Å²) in [7, 11) is -3.34. The summed E-state index contributed by atoms with van der Waals surface area (Å²) in [4.78, 5) is 3.23. The van der Waals surface area contributed by atoms with Crippen molar-refractivity contribution >= 4 is 32.4 Å². The molecule has 612 valence electrons. The predicted octanol–water partition coefficient (Wildman–Crippen LogP) is 32.1. The van der Waals surface area contributed by atoms with Gasteiger partial charge in [-0.15, -0.1) is 0 Å². The van der Waals surface area contributed by atoms with Gasteiger partial charge in [-0.1, -0.05) is 458 Å². The van der Waals surface area contributed by atoms with E-state index in [0.717, 1.165) is 17.9 Å². The molecule has 19 rings (SSSR count). The van der Waals surface area contributed by atoms with E-state index in [4.69, 9.17) is 4.74 Å². The maximum atomic E-state index is 13.5. The number of hydrogen-bond acceptors (Lipinski definition) is 4. The van der Waals surface area contributed by atoms with Crippen molar-refractivity contribution in [3.8, 4) is 22.6 Å². The van der Waals surface area contributed by atoms with Gasteiger partial charge in [0.1, 0.15) is 16.9 Å². The van der Waals surface area contributed by atoms with Crippen LogP contribution in [0.3, 0.4) is 0 Å². The summed E-state index contributed by atoms with van der Waals surface area (Å²) in [5.41, 5.74) is 3.82. The number of ether oxygens (including phenoxy) is 1. The van der Waals surface area contributed by atoms with E-state index < -0.39 is 21.4 Å². The number of halogens is 3. The summed E-state index contributed by atoms with van der Waals surface area (Å²) < 4.78 is 70.1. The van der Waals surface area contributed by atoms with Crippen LogP contribution < -0.4 is 4.74 Å². The number of fused-ring (bicyclic) bond motifs is 6. The van der Waals surface area contributed by atoms with Crippen LogP contribution in [-0.4, -0.2) is 14.6 Å². The fourth-order valence-corrected chi connectivity index (χ4v) is 16.4. The van der Waals surface area contributed by atoms with Crippen LogP contribution in [0.15, 0.2) is 505 Å². The van der Waals surface area contributed by atoms with Gasteiger partial charge in [0.2, 0.25) is 9.84 Å². The van der Waals surface area contributed by atoms with Gasteiger partial charge in [0.25, 0.3) is 0 Å². The monoisotopic (exact) mass is 1630 g/mol. The maximum Gasteiger partial charge on any atom is 0.402 e. The first kappa shape index (κ1) is 93.2. The number of benzene rings is 16. The Balaban J connectivity index is 0.000000167. The minimum atomic E-state index is -4.34. The fourth-order valence-electron chi connectivity index (χ4n) is 14.2. The third kappa shape index (κ3) is 32.2. The minimum absolute atomic E-state index is 0.253. The van der Waals surface area contributed by atoms with Gasteiger partial charge in [0, 0.05) is 9.79 Å². The van der Waals surface area contributed by atoms with Crippen LogP contribution in [0.5, 0.6) is 11.5 Å². The molecule has 0 heterocycles. The zero-order valence-electron chi connectivity index (χ0n) is 69.6. The second-order valence-electron chi connectivity index (χ2n) is 28.1. The lowest BCUT2D eigenvalue weighted by Gasteiger charge is -2.33. The van der Waals surface area contributed by atoms with Crippen LogP contribution in [0, 0.1) is 23.7 Å². The van der Waals surface area contributed by atoms with Gasteiger partial charge in [-0.3, -0.25) is 0 Å². The van der Waals surface area contributed by atoms with E-state index in [1.807, 2.05) is 185 Å². The molecule has 3 aliphatic rings. The largest absolute Gasteiger partial charge is 0.457 e. The van der Waals surface area contributed by atoms with Crippen molar-refractivity contribution in [1.29, 1.82) is 0 Å². The van der Waals surface area contributed by atoms with Crippen LogP contribution in [0.1, 0.15) is 95.4 Å². The molecule has 16 aromatic carbocycles. The Morgan fingerprint density at radius 3 is 0.817 bits per heavy atom. The highest BCUT2D eigenvalue weighted by Crippen LogP contribution is 2.58. The van der Waals surface area contributed by atoms with Crippen LogP contribution in [0.2, 0.25) is 0 Å². The zero-order valence-corrected chi connectivity index (χ0v) is 71.3. The molecule has 0 saturated heterocycles. The fraction of sp³-hybridized carbons (Fsp3) is 0.161. The number of alkyl halides is 3. The minimum Gasteiger partial charge on any atom is -0.457 e. The van der Waals surface area contributed by atoms with E-state index in [9.17, 15) is 21.6 Å². The summed E-state index contributed by atoms with van der Waals surface area (Å²) in [5, 5.41) is 2.62. The standard InChI is InChI=1S/C15H13F3.C13H12.C12H10O2S.C12H10O.C12H10S.C12H10.C10H16.C10H8.2C6H6.2C2H6/c1-14(15(16,17)18,12-8-4-2-5-9-12)13-10-6-3-7-11-13;1-3-7-12(8-4-1)11-13-9-5-2-6-10-13;13-15(14,11-7-3-1-4-8-11)12-9-5-2-6-10-12;2*1-3-7-11(8-4-1)13-12-9-5-2-6-10-12;1-3-7-11(8-4-1)12-9-5-2-6-10-12;1-2-9-7-4-5-8(6-7)10(9)3-1;1-2-6-10-8-4-3-7-9(10)5-1;2*1-2-4-6-5-3-1;2*1-2/h2-11H,1H3;1-10H,11H2;1-10H;2*1-10H;1-10H;7-10H,1-6H2;1-8H;2*1-6H;2*1-2H3. The third-order valence-corrected chi connectivity index (χ3v) is 22.9. The molecule has 0 radical (unpaired) electrons. The Kier molecular flexibility index (Phi) is 41.8. The topological polar surface area (TPSA) is 43.4 Å². The lowest BCUT2D eigenvalue weighted by atomic mass is 9.75. The molecule has 16 aromatic rings. The van der Waals surface area contributed by atoms with Gasteiger partial charge in [0.05, 0.1) is 9.79 Å². The molecule has 3 fully saturated rings. The SMILES string of the molecule is C1CC2C3CCC(C3)C2C1.CC.CC.CC(c1ccccc1)(c1ccccc1)C(F)(F)F.O=S(=O)(c1ccccc1)c1ccccc1.c1ccc(-c2ccccc2)cc1.c1ccc(Cc2ccccc2)cc1.c1ccc(Oc2ccccc2)cc1.c1ccc(Sc2ccccc2)cc1.c1ccc2ccccc2c1.c1ccccc1.c1ccccc1. The molecule has 0 N–H and O–H groups in total. The molecule has 3 aliphatic carbocycles. The lowest BCUT2D eigenvalue weighted by molar-refractivity contribution is -0.173. The lowest BCUT2D eigenvalue weighted by Crippen LogP contribution is -2.40. The van der Waals surface area contributed by atoms with Gasteiger partial charge in [-0.25, -0.2) is 8.42 Å². The van der Waals surface area contributed by atoms with Crippen molar-refractivity contribution in [2.45, 2.75) is 111 Å². The van der Waals surface area contributed by atoms with Crippen molar-refractivity contribution in [1.82, 2.24) is 0 Å². The molecule has 120 heavy (non-hydrogen) atoms. The number of para-hydroxylation sites is 2. The van der Waals surface area contributed by atoms with Gasteiger partial charge in [0.15, 0.2) is 0 Å². The molecular weight excluding hydrogens is 1510 g/mol. The van der Waals surface area contributed by atoms with Crippen molar-refractivity contribution in [3.63, 3.8) is 0 Å². The quantitative estimate of drug-likeness (QED) is 0.129. The first-order valence-electron chi connectivity index (χ1n) is 41.6. The summed E-state index contributed by atoms with van der Waals surface area (Å²) in [5.74, 6) is 6.54. The van der Waals surface area contributed by atoms with E-state index >= 15 is 0 Å². The van der Waals surface area contributed by atoms with Crippen molar-refractivity contribution in [3.05, 3.63) is 508 Å². The summed E-state index contributed by atoms with van der Waals surface area (Å²) >= 11 is 1.79. The van der Waals surface area contributed by atoms with Crippen LogP contribution >= 0.6 is 11.8 Å². The summed E-state index contributed by atoms with van der Waals surface area (Å²) in [6.45, 7) is 9.22. The first-order valence-corrected chi connectivity index (χ1v) is 43.9. The molecular formula is C112H113F3O3S2. The number of rotatable bonds is 11. The molecule has 3 nitrogen and oxygen atoms in total. The number of sulfone groups is 1. The van der Waals surface area contributed by atoms with Crippen molar-refractivity contribution < 1.29 is 26.3 Å². The van der Waals surface area contributed by atoms with Gasteiger partial charge >= 0.3 is 6.18 Å². The molecule has 4 unspecified atom stereocenters.